The molecule has 0 unspecified atom stereocenters. The van der Waals surface area contributed by atoms with Gasteiger partial charge in [0.25, 0.3) is 0 Å². The van der Waals surface area contributed by atoms with E-state index < -0.39 is 0 Å². The van der Waals surface area contributed by atoms with Crippen LogP contribution in [0.1, 0.15) is 11.1 Å². The second-order valence-electron chi connectivity index (χ2n) is 3.03. The average molecular weight is 206 g/mol. The van der Waals surface area contributed by atoms with Gasteiger partial charge in [-0.05, 0) is 17.7 Å². The molecule has 0 bridgehead atoms. The first-order chi connectivity index (χ1) is 7.21. The molecule has 0 heterocycles. The highest BCUT2D eigenvalue weighted by Gasteiger charge is 2.05. The molecule has 80 valence electrons. The molecule has 0 aliphatic heterocycles. The van der Waals surface area contributed by atoms with E-state index in [1.165, 1.54) is 7.11 Å². The lowest BCUT2D eigenvalue weighted by molar-refractivity contribution is -0.139. The van der Waals surface area contributed by atoms with E-state index in [4.69, 9.17) is 4.74 Å². The largest absolute Gasteiger partial charge is 0.496 e. The fourth-order valence-electron chi connectivity index (χ4n) is 1.29. The first kappa shape index (κ1) is 11.3. The van der Waals surface area contributed by atoms with Crippen molar-refractivity contribution in [2.24, 2.45) is 0 Å². The van der Waals surface area contributed by atoms with Gasteiger partial charge in [0, 0.05) is 5.56 Å². The summed E-state index contributed by atoms with van der Waals surface area (Å²) < 4.78 is 9.72. The van der Waals surface area contributed by atoms with Crippen molar-refractivity contribution in [3.8, 4) is 5.75 Å². The van der Waals surface area contributed by atoms with Crippen LogP contribution in [-0.2, 0) is 16.0 Å². The Morgan fingerprint density at radius 3 is 2.73 bits per heavy atom. The van der Waals surface area contributed by atoms with E-state index in [0.717, 1.165) is 16.9 Å². The van der Waals surface area contributed by atoms with Gasteiger partial charge >= 0.3 is 5.97 Å². The molecule has 1 aromatic carbocycles. The Kier molecular flexibility index (Phi) is 3.92. The molecule has 0 atom stereocenters. The van der Waals surface area contributed by atoms with E-state index in [1.807, 2.05) is 18.2 Å². The minimum absolute atomic E-state index is 0.254. The molecule has 0 amide bonds. The summed E-state index contributed by atoms with van der Waals surface area (Å²) in [4.78, 5) is 11.1. The molecule has 0 fully saturated rings. The normalized spacial score (nSPS) is 9.47. The van der Waals surface area contributed by atoms with E-state index in [1.54, 1.807) is 13.2 Å². The first-order valence-electron chi connectivity index (χ1n) is 4.57. The maximum Gasteiger partial charge on any atom is 0.309 e. The van der Waals surface area contributed by atoms with Crippen LogP contribution in [-0.4, -0.2) is 20.2 Å². The lowest BCUT2D eigenvalue weighted by Crippen LogP contribution is -2.04. The Labute approximate surface area is 89.3 Å². The molecule has 0 saturated heterocycles. The van der Waals surface area contributed by atoms with Crippen LogP contribution in [0.2, 0.25) is 0 Å². The summed E-state index contributed by atoms with van der Waals surface area (Å²) in [7, 11) is 2.97. The zero-order valence-corrected chi connectivity index (χ0v) is 8.95. The molecule has 0 N–H and O–H groups in total. The van der Waals surface area contributed by atoms with E-state index in [9.17, 15) is 4.79 Å². The van der Waals surface area contributed by atoms with Gasteiger partial charge < -0.3 is 9.47 Å². The van der Waals surface area contributed by atoms with Crippen LogP contribution < -0.4 is 4.74 Å². The fraction of sp³-hybridized carbons (Fsp3) is 0.250. The molecule has 3 heteroatoms. The molecule has 1 rings (SSSR count). The Bertz CT molecular complexity index is 369. The van der Waals surface area contributed by atoms with Gasteiger partial charge in [0.2, 0.25) is 0 Å². The molecule has 0 aromatic heterocycles. The summed E-state index contributed by atoms with van der Waals surface area (Å²) in [6.07, 6.45) is 1.96. The van der Waals surface area contributed by atoms with Gasteiger partial charge in [-0.3, -0.25) is 4.79 Å². The molecular formula is C12H14O3. The van der Waals surface area contributed by atoms with Crippen LogP contribution in [0, 0.1) is 0 Å². The van der Waals surface area contributed by atoms with Crippen LogP contribution in [0.4, 0.5) is 0 Å². The van der Waals surface area contributed by atoms with Gasteiger partial charge in [-0.15, -0.1) is 0 Å². The van der Waals surface area contributed by atoms with Gasteiger partial charge in [0.1, 0.15) is 5.75 Å². The van der Waals surface area contributed by atoms with Crippen molar-refractivity contribution in [1.29, 1.82) is 0 Å². The number of benzene rings is 1. The van der Waals surface area contributed by atoms with Gasteiger partial charge in [-0.25, -0.2) is 0 Å². The maximum atomic E-state index is 11.1. The molecule has 1 aromatic rings. The second kappa shape index (κ2) is 5.20. The smallest absolute Gasteiger partial charge is 0.309 e. The van der Waals surface area contributed by atoms with Crippen molar-refractivity contribution in [2.75, 3.05) is 14.2 Å². The van der Waals surface area contributed by atoms with Crippen molar-refractivity contribution in [1.82, 2.24) is 0 Å². The van der Waals surface area contributed by atoms with Gasteiger partial charge in [-0.2, -0.15) is 0 Å². The number of esters is 1. The standard InChI is InChI=1S/C12H14O3/c1-4-10-7-9(8-12(13)15-3)5-6-11(10)14-2/h4-7H,1,8H2,2-3H3. The highest BCUT2D eigenvalue weighted by molar-refractivity contribution is 5.73. The van der Waals surface area contributed by atoms with E-state index in [-0.39, 0.29) is 12.4 Å². The van der Waals surface area contributed by atoms with Crippen molar-refractivity contribution < 1.29 is 14.3 Å². The Hall–Kier alpha value is -1.77. The Balaban J connectivity index is 2.92. The minimum atomic E-state index is -0.254. The van der Waals surface area contributed by atoms with Gasteiger partial charge in [0.15, 0.2) is 0 Å². The van der Waals surface area contributed by atoms with E-state index in [0.29, 0.717) is 0 Å². The van der Waals surface area contributed by atoms with Crippen molar-refractivity contribution in [3.05, 3.63) is 35.9 Å². The number of carbonyl (C=O) groups is 1. The SMILES string of the molecule is C=Cc1cc(CC(=O)OC)ccc1OC. The quantitative estimate of drug-likeness (QED) is 0.707. The third-order valence-corrected chi connectivity index (χ3v) is 2.09. The highest BCUT2D eigenvalue weighted by Crippen LogP contribution is 2.21. The first-order valence-corrected chi connectivity index (χ1v) is 4.57. The highest BCUT2D eigenvalue weighted by atomic mass is 16.5. The maximum absolute atomic E-state index is 11.1. The zero-order chi connectivity index (χ0) is 11.3. The lowest BCUT2D eigenvalue weighted by Gasteiger charge is -2.06. The number of methoxy groups -OCH3 is 2. The van der Waals surface area contributed by atoms with Crippen LogP contribution in [0.5, 0.6) is 5.75 Å². The lowest BCUT2D eigenvalue weighted by atomic mass is 10.1. The van der Waals surface area contributed by atoms with Crippen molar-refractivity contribution >= 4 is 12.0 Å². The summed E-state index contributed by atoms with van der Waals surface area (Å²) in [6, 6.07) is 5.51. The fourth-order valence-corrected chi connectivity index (χ4v) is 1.29. The predicted molar refractivity (Wildman–Crippen MR) is 58.8 cm³/mol. The number of hydrogen-bond donors (Lipinski definition) is 0. The monoisotopic (exact) mass is 206 g/mol. The van der Waals surface area contributed by atoms with Crippen molar-refractivity contribution in [2.45, 2.75) is 6.42 Å². The molecule has 0 aliphatic rings. The van der Waals surface area contributed by atoms with Crippen LogP contribution >= 0.6 is 0 Å². The summed E-state index contributed by atoms with van der Waals surface area (Å²) in [6.45, 7) is 3.68. The third kappa shape index (κ3) is 2.84. The average Bonchev–Trinajstić information content (AvgIpc) is 2.28. The molecule has 3 nitrogen and oxygen atoms in total. The van der Waals surface area contributed by atoms with E-state index >= 15 is 0 Å². The number of ether oxygens (including phenoxy) is 2. The number of carbonyl (C=O) groups excluding carboxylic acids is 1. The van der Waals surface area contributed by atoms with Crippen LogP contribution in [0.25, 0.3) is 6.08 Å². The molecular weight excluding hydrogens is 192 g/mol. The Morgan fingerprint density at radius 1 is 1.47 bits per heavy atom. The topological polar surface area (TPSA) is 35.5 Å². The van der Waals surface area contributed by atoms with Gasteiger partial charge in [-0.1, -0.05) is 18.7 Å². The minimum Gasteiger partial charge on any atom is -0.496 e. The predicted octanol–water partition coefficient (Wildman–Crippen LogP) is 2.05. The number of rotatable bonds is 4. The molecule has 0 aliphatic carbocycles. The third-order valence-electron chi connectivity index (χ3n) is 2.09. The van der Waals surface area contributed by atoms with E-state index in [2.05, 4.69) is 11.3 Å². The van der Waals surface area contributed by atoms with Crippen LogP contribution in [0.15, 0.2) is 24.8 Å². The molecule has 0 spiro atoms. The molecule has 15 heavy (non-hydrogen) atoms. The second-order valence-corrected chi connectivity index (χ2v) is 3.03. The van der Waals surface area contributed by atoms with Gasteiger partial charge in [0.05, 0.1) is 20.6 Å². The molecule has 0 radical (unpaired) electrons. The summed E-state index contributed by atoms with van der Waals surface area (Å²) >= 11 is 0. The number of hydrogen-bond acceptors (Lipinski definition) is 3. The summed E-state index contributed by atoms with van der Waals surface area (Å²) in [5, 5.41) is 0. The zero-order valence-electron chi connectivity index (χ0n) is 8.95. The summed E-state index contributed by atoms with van der Waals surface area (Å²) in [5.41, 5.74) is 1.76. The van der Waals surface area contributed by atoms with Crippen molar-refractivity contribution in [3.63, 3.8) is 0 Å². The summed E-state index contributed by atoms with van der Waals surface area (Å²) in [5.74, 6) is 0.494. The van der Waals surface area contributed by atoms with Crippen LogP contribution in [0.3, 0.4) is 0 Å². The molecule has 0 saturated carbocycles. The Morgan fingerprint density at radius 2 is 2.20 bits per heavy atom.